The van der Waals surface area contributed by atoms with Gasteiger partial charge in [0.25, 0.3) is 0 Å². The molecule has 0 saturated heterocycles. The van der Waals surface area contributed by atoms with Crippen molar-refractivity contribution in [3.8, 4) is 5.69 Å². The van der Waals surface area contributed by atoms with E-state index in [2.05, 4.69) is 20.7 Å². The highest BCUT2D eigenvalue weighted by Crippen LogP contribution is 2.27. The van der Waals surface area contributed by atoms with E-state index in [1.54, 1.807) is 25.3 Å². The Morgan fingerprint density at radius 1 is 1.48 bits per heavy atom. The molecule has 8 heteroatoms. The number of methoxy groups -OCH3 is 1. The maximum absolute atomic E-state index is 11.9. The van der Waals surface area contributed by atoms with Gasteiger partial charge in [0.2, 0.25) is 5.91 Å². The number of para-hydroxylation sites is 1. The molecule has 0 bridgehead atoms. The zero-order valence-electron chi connectivity index (χ0n) is 11.5. The summed E-state index contributed by atoms with van der Waals surface area (Å²) in [7, 11) is 1.61. The minimum Gasteiger partial charge on any atom is -0.383 e. The largest absolute Gasteiger partial charge is 0.383 e. The average Bonchev–Trinajstić information content (AvgIpc) is 2.97. The highest BCUT2D eigenvalue weighted by atomic mass is 35.5. The lowest BCUT2D eigenvalue weighted by molar-refractivity contribution is -0.115. The number of rotatable bonds is 7. The number of carbonyl (C=O) groups is 1. The lowest BCUT2D eigenvalue weighted by Gasteiger charge is -2.12. The summed E-state index contributed by atoms with van der Waals surface area (Å²) in [4.78, 5) is 15.8. The Kier molecular flexibility index (Phi) is 5.68. The van der Waals surface area contributed by atoms with E-state index in [0.29, 0.717) is 29.5 Å². The molecule has 1 aromatic heterocycles. The van der Waals surface area contributed by atoms with Gasteiger partial charge in [0.15, 0.2) is 0 Å². The molecule has 2 rings (SSSR count). The van der Waals surface area contributed by atoms with Crippen molar-refractivity contribution in [3.05, 3.63) is 35.9 Å². The number of amides is 1. The van der Waals surface area contributed by atoms with E-state index >= 15 is 0 Å². The van der Waals surface area contributed by atoms with Gasteiger partial charge in [-0.15, -0.1) is 0 Å². The predicted molar refractivity (Wildman–Crippen MR) is 79.7 cm³/mol. The normalized spacial score (nSPS) is 10.6. The molecule has 0 atom stereocenters. The van der Waals surface area contributed by atoms with Crippen LogP contribution in [0.25, 0.3) is 5.69 Å². The second kappa shape index (κ2) is 7.72. The number of aromatic nitrogens is 3. The van der Waals surface area contributed by atoms with Crippen LogP contribution in [0.1, 0.15) is 0 Å². The van der Waals surface area contributed by atoms with Gasteiger partial charge in [-0.25, -0.2) is 9.67 Å². The van der Waals surface area contributed by atoms with Crippen LogP contribution < -0.4 is 10.6 Å². The van der Waals surface area contributed by atoms with Crippen molar-refractivity contribution in [1.29, 1.82) is 0 Å². The van der Waals surface area contributed by atoms with E-state index in [4.69, 9.17) is 16.3 Å². The predicted octanol–water partition coefficient (Wildman–Crippen LogP) is 1.10. The number of hydrogen-bond donors (Lipinski definition) is 2. The summed E-state index contributed by atoms with van der Waals surface area (Å²) in [5.74, 6) is -0.172. The van der Waals surface area contributed by atoms with Crippen LogP contribution in [-0.2, 0) is 9.53 Å². The number of ether oxygens (including phenoxy) is 1. The summed E-state index contributed by atoms with van der Waals surface area (Å²) in [6.07, 6.45) is 2.93. The monoisotopic (exact) mass is 309 g/mol. The molecular formula is C13H16ClN5O2. The first-order valence-electron chi connectivity index (χ1n) is 6.35. The number of halogens is 1. The van der Waals surface area contributed by atoms with E-state index in [-0.39, 0.29) is 12.5 Å². The second-order valence-corrected chi connectivity index (χ2v) is 4.60. The van der Waals surface area contributed by atoms with Gasteiger partial charge in [0.05, 0.1) is 23.9 Å². The zero-order chi connectivity index (χ0) is 15.1. The molecule has 2 N–H and O–H groups in total. The molecular weight excluding hydrogens is 294 g/mol. The molecule has 0 radical (unpaired) electrons. The van der Waals surface area contributed by atoms with Gasteiger partial charge < -0.3 is 15.4 Å². The van der Waals surface area contributed by atoms with Crippen molar-refractivity contribution in [3.63, 3.8) is 0 Å². The van der Waals surface area contributed by atoms with Gasteiger partial charge >= 0.3 is 0 Å². The van der Waals surface area contributed by atoms with E-state index in [1.807, 2.05) is 0 Å². The number of benzene rings is 1. The van der Waals surface area contributed by atoms with Gasteiger partial charge in [-0.05, 0) is 12.1 Å². The second-order valence-electron chi connectivity index (χ2n) is 4.19. The molecule has 7 nitrogen and oxygen atoms in total. The third-order valence-corrected chi connectivity index (χ3v) is 2.98. The van der Waals surface area contributed by atoms with Crippen molar-refractivity contribution in [2.45, 2.75) is 0 Å². The molecule has 0 aliphatic carbocycles. The van der Waals surface area contributed by atoms with Crippen LogP contribution in [0.2, 0.25) is 5.02 Å². The highest BCUT2D eigenvalue weighted by Gasteiger charge is 2.12. The van der Waals surface area contributed by atoms with Crippen molar-refractivity contribution in [2.75, 3.05) is 32.1 Å². The fourth-order valence-corrected chi connectivity index (χ4v) is 2.00. The lowest BCUT2D eigenvalue weighted by Crippen LogP contribution is -2.30. The number of carbonyl (C=O) groups excluding carboxylic acids is 1. The van der Waals surface area contributed by atoms with Gasteiger partial charge in [-0.3, -0.25) is 4.79 Å². The van der Waals surface area contributed by atoms with E-state index in [1.165, 1.54) is 17.3 Å². The summed E-state index contributed by atoms with van der Waals surface area (Å²) >= 11 is 6.18. The smallest absolute Gasteiger partial charge is 0.238 e. The number of hydrogen-bond acceptors (Lipinski definition) is 5. The molecule has 0 aliphatic rings. The first-order chi connectivity index (χ1) is 10.2. The van der Waals surface area contributed by atoms with Crippen LogP contribution in [-0.4, -0.2) is 47.5 Å². The van der Waals surface area contributed by atoms with Gasteiger partial charge in [0, 0.05) is 13.7 Å². The minimum atomic E-state index is -0.172. The Labute approximate surface area is 127 Å². The standard InChI is InChI=1S/C13H16ClN5O2/c1-21-6-5-15-7-12(20)18-11-4-2-3-10(14)13(11)19-9-16-8-17-19/h2-4,8-9,15H,5-7H2,1H3,(H,18,20). The molecule has 112 valence electrons. The van der Waals surface area contributed by atoms with E-state index in [9.17, 15) is 4.79 Å². The topological polar surface area (TPSA) is 81.1 Å². The molecule has 2 aromatic rings. The maximum Gasteiger partial charge on any atom is 0.238 e. The van der Waals surface area contributed by atoms with Crippen LogP contribution in [0.4, 0.5) is 5.69 Å². The van der Waals surface area contributed by atoms with Gasteiger partial charge in [-0.1, -0.05) is 17.7 Å². The fraction of sp³-hybridized carbons (Fsp3) is 0.308. The number of anilines is 1. The van der Waals surface area contributed by atoms with Gasteiger partial charge in [0.1, 0.15) is 18.3 Å². The van der Waals surface area contributed by atoms with E-state index < -0.39 is 0 Å². The molecule has 0 spiro atoms. The van der Waals surface area contributed by atoms with Crippen LogP contribution in [0.3, 0.4) is 0 Å². The fourth-order valence-electron chi connectivity index (χ4n) is 1.74. The first-order valence-corrected chi connectivity index (χ1v) is 6.73. The number of nitrogens with zero attached hydrogens (tertiary/aromatic N) is 3. The first kappa shape index (κ1) is 15.4. The number of nitrogens with one attached hydrogen (secondary N) is 2. The SMILES string of the molecule is COCCNCC(=O)Nc1cccc(Cl)c1-n1cncn1. The third kappa shape index (κ3) is 4.25. The maximum atomic E-state index is 11.9. The van der Waals surface area contributed by atoms with Crippen molar-refractivity contribution in [2.24, 2.45) is 0 Å². The Balaban J connectivity index is 2.07. The molecule has 21 heavy (non-hydrogen) atoms. The van der Waals surface area contributed by atoms with Gasteiger partial charge in [-0.2, -0.15) is 5.10 Å². The Morgan fingerprint density at radius 2 is 2.33 bits per heavy atom. The van der Waals surface area contributed by atoms with E-state index in [0.717, 1.165) is 0 Å². The summed E-state index contributed by atoms with van der Waals surface area (Å²) in [6, 6.07) is 5.25. The molecule has 1 amide bonds. The van der Waals surface area contributed by atoms with Crippen LogP contribution >= 0.6 is 11.6 Å². The van der Waals surface area contributed by atoms with Crippen LogP contribution in [0, 0.1) is 0 Å². The molecule has 0 saturated carbocycles. The minimum absolute atomic E-state index is 0.172. The Bertz CT molecular complexity index is 588. The molecule has 1 heterocycles. The third-order valence-electron chi connectivity index (χ3n) is 2.68. The molecule has 1 aromatic carbocycles. The van der Waals surface area contributed by atoms with Crippen LogP contribution in [0.15, 0.2) is 30.9 Å². The van der Waals surface area contributed by atoms with Crippen LogP contribution in [0.5, 0.6) is 0 Å². The molecule has 0 aliphatic heterocycles. The van der Waals surface area contributed by atoms with Crippen molar-refractivity contribution < 1.29 is 9.53 Å². The van der Waals surface area contributed by atoms with Crippen molar-refractivity contribution >= 4 is 23.2 Å². The average molecular weight is 310 g/mol. The van der Waals surface area contributed by atoms with Crippen molar-refractivity contribution in [1.82, 2.24) is 20.1 Å². The summed E-state index contributed by atoms with van der Waals surface area (Å²) in [5.41, 5.74) is 1.16. The Hall–Kier alpha value is -1.96. The Morgan fingerprint density at radius 3 is 3.05 bits per heavy atom. The molecule has 0 fully saturated rings. The summed E-state index contributed by atoms with van der Waals surface area (Å²) in [6.45, 7) is 1.34. The molecule has 0 unspecified atom stereocenters. The lowest BCUT2D eigenvalue weighted by atomic mass is 10.2. The zero-order valence-corrected chi connectivity index (χ0v) is 12.3. The highest BCUT2D eigenvalue weighted by molar-refractivity contribution is 6.33. The summed E-state index contributed by atoms with van der Waals surface area (Å²) < 4.78 is 6.41. The summed E-state index contributed by atoms with van der Waals surface area (Å²) in [5, 5.41) is 10.3. The quantitative estimate of drug-likeness (QED) is 0.748.